The normalized spacial score (nSPS) is 17.9. The molecular weight excluding hydrogens is 470 g/mol. The molecule has 2 atom stereocenters. The molecule has 176 valence electrons. The Kier molecular flexibility index (Phi) is 7.46. The Balaban J connectivity index is 1.55. The maximum absolute atomic E-state index is 12.8. The summed E-state index contributed by atoms with van der Waals surface area (Å²) < 4.78 is 1.64. The van der Waals surface area contributed by atoms with E-state index in [1.165, 1.54) is 23.1 Å². The summed E-state index contributed by atoms with van der Waals surface area (Å²) in [6.45, 7) is 2.48. The number of hydrogen-bond donors (Lipinski definition) is 3. The summed E-state index contributed by atoms with van der Waals surface area (Å²) in [5.74, 6) is -2.30. The van der Waals surface area contributed by atoms with Crippen LogP contribution in [0.1, 0.15) is 42.5 Å². The molecular formula is C24H25N5O3S2. The molecule has 2 aromatic heterocycles. The van der Waals surface area contributed by atoms with Crippen molar-refractivity contribution in [2.45, 2.75) is 48.5 Å². The maximum Gasteiger partial charge on any atom is 0.307 e. The van der Waals surface area contributed by atoms with E-state index in [2.05, 4.69) is 26.7 Å². The number of carboxylic acids is 1. The molecule has 0 unspecified atom stereocenters. The average molecular weight is 496 g/mol. The number of aliphatic carboxylic acids is 1. The SMILES string of the molecule is CNCc1cc(C)nc(Sc2nc3ccc(NC(=O)[C@@H]4CCCC[C@@H]4C(=O)O)cc3s2)c1C#N. The molecule has 0 spiro atoms. The van der Waals surface area contributed by atoms with E-state index in [1.54, 1.807) is 6.07 Å². The van der Waals surface area contributed by atoms with Gasteiger partial charge < -0.3 is 15.7 Å². The molecule has 0 saturated heterocycles. The van der Waals surface area contributed by atoms with Gasteiger partial charge in [0.05, 0.1) is 27.6 Å². The minimum atomic E-state index is -0.904. The van der Waals surface area contributed by atoms with Crippen molar-refractivity contribution in [3.05, 3.63) is 41.1 Å². The van der Waals surface area contributed by atoms with Gasteiger partial charge in [-0.3, -0.25) is 9.59 Å². The van der Waals surface area contributed by atoms with Crippen LogP contribution in [-0.4, -0.2) is 34.0 Å². The van der Waals surface area contributed by atoms with Crippen molar-refractivity contribution in [1.82, 2.24) is 15.3 Å². The monoisotopic (exact) mass is 495 g/mol. The van der Waals surface area contributed by atoms with Crippen molar-refractivity contribution in [3.63, 3.8) is 0 Å². The lowest BCUT2D eigenvalue weighted by molar-refractivity contribution is -0.147. The summed E-state index contributed by atoms with van der Waals surface area (Å²) >= 11 is 2.82. The standard InChI is InChI=1S/C24H25N5O3S2/c1-13-9-14(12-26-2)18(11-25)22(27-13)34-24-29-19-8-7-15(10-20(19)33-24)28-21(30)16-5-3-4-6-17(16)23(31)32/h7-10,16-17,26H,3-6,12H2,1-2H3,(H,28,30)(H,31,32)/t16-,17+/m1/s1. The first kappa shape index (κ1) is 24.1. The third-order valence-corrected chi connectivity index (χ3v) is 7.98. The van der Waals surface area contributed by atoms with E-state index < -0.39 is 17.8 Å². The fourth-order valence-corrected chi connectivity index (χ4v) is 6.50. The largest absolute Gasteiger partial charge is 0.481 e. The molecule has 1 aromatic carbocycles. The van der Waals surface area contributed by atoms with Gasteiger partial charge in [-0.15, -0.1) is 11.3 Å². The number of benzene rings is 1. The van der Waals surface area contributed by atoms with E-state index in [-0.39, 0.29) is 5.91 Å². The molecule has 34 heavy (non-hydrogen) atoms. The second-order valence-corrected chi connectivity index (χ2v) is 10.6. The number of nitrogens with one attached hydrogen (secondary N) is 2. The molecule has 1 aliphatic rings. The van der Waals surface area contributed by atoms with Crippen LogP contribution in [0.15, 0.2) is 33.6 Å². The van der Waals surface area contributed by atoms with Crippen molar-refractivity contribution in [2.75, 3.05) is 12.4 Å². The Morgan fingerprint density at radius 1 is 1.24 bits per heavy atom. The topological polar surface area (TPSA) is 128 Å². The smallest absolute Gasteiger partial charge is 0.307 e. The summed E-state index contributed by atoms with van der Waals surface area (Å²) in [7, 11) is 1.84. The second-order valence-electron chi connectivity index (χ2n) is 8.33. The Morgan fingerprint density at radius 2 is 2.00 bits per heavy atom. The first-order chi connectivity index (χ1) is 16.4. The number of rotatable bonds is 7. The van der Waals surface area contributed by atoms with Gasteiger partial charge in [-0.05, 0) is 68.4 Å². The van der Waals surface area contributed by atoms with Gasteiger partial charge in [0.2, 0.25) is 5.91 Å². The number of amides is 1. The Morgan fingerprint density at radius 3 is 2.71 bits per heavy atom. The van der Waals surface area contributed by atoms with Gasteiger partial charge in [0.25, 0.3) is 0 Å². The van der Waals surface area contributed by atoms with Gasteiger partial charge in [0, 0.05) is 17.9 Å². The summed E-state index contributed by atoms with van der Waals surface area (Å²) in [4.78, 5) is 33.6. The first-order valence-corrected chi connectivity index (χ1v) is 12.7. The summed E-state index contributed by atoms with van der Waals surface area (Å²) in [5.41, 5.74) is 3.68. The lowest BCUT2D eigenvalue weighted by Crippen LogP contribution is -2.36. The van der Waals surface area contributed by atoms with Crippen molar-refractivity contribution in [3.8, 4) is 6.07 Å². The predicted molar refractivity (Wildman–Crippen MR) is 132 cm³/mol. The lowest BCUT2D eigenvalue weighted by atomic mass is 9.78. The quantitative estimate of drug-likeness (QED) is 0.435. The lowest BCUT2D eigenvalue weighted by Gasteiger charge is -2.27. The zero-order chi connectivity index (χ0) is 24.2. The van der Waals surface area contributed by atoms with Crippen LogP contribution in [0, 0.1) is 30.1 Å². The van der Waals surface area contributed by atoms with E-state index in [4.69, 9.17) is 0 Å². The van der Waals surface area contributed by atoms with Gasteiger partial charge in [0.15, 0.2) is 4.34 Å². The third-order valence-electron chi connectivity index (χ3n) is 5.92. The van der Waals surface area contributed by atoms with Gasteiger partial charge in [0.1, 0.15) is 11.1 Å². The Hall–Kier alpha value is -3.00. The zero-order valence-corrected chi connectivity index (χ0v) is 20.6. The number of aromatic nitrogens is 2. The third kappa shape index (κ3) is 5.22. The van der Waals surface area contributed by atoms with Crippen molar-refractivity contribution in [2.24, 2.45) is 11.8 Å². The minimum absolute atomic E-state index is 0.245. The van der Waals surface area contributed by atoms with Crippen LogP contribution < -0.4 is 10.6 Å². The summed E-state index contributed by atoms with van der Waals surface area (Å²) in [6, 6.07) is 9.65. The number of nitrogens with zero attached hydrogens (tertiary/aromatic N) is 3. The van der Waals surface area contributed by atoms with Crippen LogP contribution in [0.4, 0.5) is 5.69 Å². The van der Waals surface area contributed by atoms with E-state index >= 15 is 0 Å². The number of thiazole rings is 1. The van der Waals surface area contributed by atoms with Crippen LogP contribution in [0.25, 0.3) is 10.2 Å². The molecule has 3 aromatic rings. The minimum Gasteiger partial charge on any atom is -0.481 e. The number of aryl methyl sites for hydroxylation is 1. The van der Waals surface area contributed by atoms with Gasteiger partial charge in [-0.1, -0.05) is 12.8 Å². The molecule has 1 saturated carbocycles. The van der Waals surface area contributed by atoms with Gasteiger partial charge in [-0.25, -0.2) is 9.97 Å². The average Bonchev–Trinajstić information content (AvgIpc) is 3.20. The van der Waals surface area contributed by atoms with E-state index in [0.29, 0.717) is 35.7 Å². The molecule has 0 aliphatic heterocycles. The van der Waals surface area contributed by atoms with E-state index in [1.807, 2.05) is 32.2 Å². The molecule has 1 amide bonds. The highest BCUT2D eigenvalue weighted by atomic mass is 32.2. The van der Waals surface area contributed by atoms with Crippen molar-refractivity contribution < 1.29 is 14.7 Å². The van der Waals surface area contributed by atoms with Gasteiger partial charge >= 0.3 is 5.97 Å². The maximum atomic E-state index is 12.8. The highest BCUT2D eigenvalue weighted by Crippen LogP contribution is 2.37. The number of carbonyl (C=O) groups is 2. The Bertz CT molecular complexity index is 1280. The first-order valence-electron chi connectivity index (χ1n) is 11.1. The van der Waals surface area contributed by atoms with Crippen LogP contribution in [0.5, 0.6) is 0 Å². The van der Waals surface area contributed by atoms with Crippen LogP contribution in [0.2, 0.25) is 0 Å². The number of carbonyl (C=O) groups excluding carboxylic acids is 1. The fraction of sp³-hybridized carbons (Fsp3) is 0.375. The molecule has 1 aliphatic carbocycles. The fourth-order valence-electron chi connectivity index (χ4n) is 4.32. The summed E-state index contributed by atoms with van der Waals surface area (Å²) in [6.07, 6.45) is 2.83. The molecule has 1 fully saturated rings. The van der Waals surface area contributed by atoms with Crippen molar-refractivity contribution in [1.29, 1.82) is 5.26 Å². The zero-order valence-electron chi connectivity index (χ0n) is 18.9. The summed E-state index contributed by atoms with van der Waals surface area (Å²) in [5, 5.41) is 25.8. The highest BCUT2D eigenvalue weighted by Gasteiger charge is 2.35. The Labute approximate surface area is 205 Å². The second kappa shape index (κ2) is 10.5. The molecule has 2 heterocycles. The number of hydrogen-bond acceptors (Lipinski definition) is 8. The predicted octanol–water partition coefficient (Wildman–Crippen LogP) is 4.57. The van der Waals surface area contributed by atoms with E-state index in [0.717, 1.165) is 38.7 Å². The number of carboxylic acid groups (broad SMARTS) is 1. The van der Waals surface area contributed by atoms with Crippen LogP contribution in [0.3, 0.4) is 0 Å². The number of pyridine rings is 1. The number of anilines is 1. The highest BCUT2D eigenvalue weighted by molar-refractivity contribution is 8.01. The molecule has 8 nitrogen and oxygen atoms in total. The number of nitriles is 1. The molecule has 3 N–H and O–H groups in total. The van der Waals surface area contributed by atoms with E-state index in [9.17, 15) is 20.0 Å². The number of fused-ring (bicyclic) bond motifs is 1. The van der Waals surface area contributed by atoms with Gasteiger partial charge in [-0.2, -0.15) is 5.26 Å². The van der Waals surface area contributed by atoms with Crippen LogP contribution in [-0.2, 0) is 16.1 Å². The molecule has 0 radical (unpaired) electrons. The molecule has 10 heteroatoms. The van der Waals surface area contributed by atoms with Crippen LogP contribution >= 0.6 is 23.1 Å². The van der Waals surface area contributed by atoms with Crippen molar-refractivity contribution >= 4 is 50.9 Å². The molecule has 4 rings (SSSR count). The molecule has 0 bridgehead atoms.